The lowest BCUT2D eigenvalue weighted by Gasteiger charge is -2.36. The Bertz CT molecular complexity index is 1370. The van der Waals surface area contributed by atoms with Crippen molar-refractivity contribution in [3.63, 3.8) is 0 Å². The maximum absolute atomic E-state index is 13.4. The van der Waals surface area contributed by atoms with Crippen LogP contribution in [0, 0.1) is 11.3 Å². The van der Waals surface area contributed by atoms with E-state index >= 15 is 0 Å². The molecule has 2 unspecified atom stereocenters. The number of nitrogens with zero attached hydrogens (tertiary/aromatic N) is 2. The Morgan fingerprint density at radius 1 is 0.837 bits per heavy atom. The highest BCUT2D eigenvalue weighted by atomic mass is 32.2. The van der Waals surface area contributed by atoms with Gasteiger partial charge in [0.25, 0.3) is 8.53 Å². The van der Waals surface area contributed by atoms with Crippen molar-refractivity contribution < 1.29 is 32.0 Å². The van der Waals surface area contributed by atoms with Crippen molar-refractivity contribution in [3.8, 4) is 17.6 Å². The van der Waals surface area contributed by atoms with Crippen LogP contribution in [-0.4, -0.2) is 68.5 Å². The van der Waals surface area contributed by atoms with Crippen LogP contribution in [0.5, 0.6) is 11.5 Å². The van der Waals surface area contributed by atoms with Crippen LogP contribution in [0.3, 0.4) is 0 Å². The molecule has 2 atom stereocenters. The molecular weight excluding hydrogens is 587 g/mol. The van der Waals surface area contributed by atoms with Gasteiger partial charge in [-0.25, -0.2) is 13.1 Å². The van der Waals surface area contributed by atoms with Crippen molar-refractivity contribution >= 4 is 18.4 Å². The van der Waals surface area contributed by atoms with Crippen LogP contribution in [0.1, 0.15) is 44.4 Å². The van der Waals surface area contributed by atoms with Gasteiger partial charge in [0.05, 0.1) is 39.3 Å². The standard InChI is InChI=1S/C32H41N2O7PS/c1-24(2)34(25(3)4)42(35)41-23-31(22-33)43(36,37)21-20-40-32(26-10-8-7-9-11-26,27-12-16-29(38-5)17-13-27)28-14-18-30(39-6)19-15-28/h7-19,24-25,31,35H,20-21,23H2,1-6H3. The summed E-state index contributed by atoms with van der Waals surface area (Å²) in [6, 6.07) is 26.2. The summed E-state index contributed by atoms with van der Waals surface area (Å²) in [6.07, 6.45) is 0. The van der Waals surface area contributed by atoms with Gasteiger partial charge in [0.15, 0.2) is 15.1 Å². The van der Waals surface area contributed by atoms with Gasteiger partial charge in [0.2, 0.25) is 0 Å². The summed E-state index contributed by atoms with van der Waals surface area (Å²) < 4.78 is 51.4. The van der Waals surface area contributed by atoms with Crippen LogP contribution in [-0.2, 0) is 24.7 Å². The second-order valence-corrected chi connectivity index (χ2v) is 14.0. The second kappa shape index (κ2) is 15.6. The van der Waals surface area contributed by atoms with Gasteiger partial charge in [-0.15, -0.1) is 0 Å². The van der Waals surface area contributed by atoms with E-state index in [1.54, 1.807) is 18.9 Å². The average Bonchev–Trinajstić information content (AvgIpc) is 3.00. The maximum Gasteiger partial charge on any atom is 0.256 e. The second-order valence-electron chi connectivity index (χ2n) is 10.5. The minimum Gasteiger partial charge on any atom is -0.497 e. The Kier molecular flexibility index (Phi) is 12.5. The molecule has 0 spiro atoms. The zero-order valence-electron chi connectivity index (χ0n) is 25.5. The summed E-state index contributed by atoms with van der Waals surface area (Å²) in [5.74, 6) is 0.895. The molecule has 232 valence electrons. The zero-order valence-corrected chi connectivity index (χ0v) is 27.2. The molecule has 0 aliphatic heterocycles. The molecule has 0 amide bonds. The number of methoxy groups -OCH3 is 2. The first kappa shape index (κ1) is 34.5. The first-order valence-corrected chi connectivity index (χ1v) is 16.9. The number of hydrogen-bond acceptors (Lipinski definition) is 9. The summed E-state index contributed by atoms with van der Waals surface area (Å²) in [5.41, 5.74) is 1.12. The van der Waals surface area contributed by atoms with Crippen molar-refractivity contribution in [1.29, 1.82) is 5.26 Å². The molecule has 0 saturated heterocycles. The normalized spacial score (nSPS) is 13.6. The quantitative estimate of drug-likeness (QED) is 0.158. The van der Waals surface area contributed by atoms with Crippen molar-refractivity contribution in [2.45, 2.75) is 50.6 Å². The Morgan fingerprint density at radius 3 is 1.72 bits per heavy atom. The Labute approximate surface area is 256 Å². The SMILES string of the molecule is COc1ccc(C(OCCS(=O)(=O)C(C#N)COP(O)N(C(C)C)C(C)C)(c2ccccc2)c2ccc(OC)cc2)cc1. The summed E-state index contributed by atoms with van der Waals surface area (Å²) in [7, 11) is -2.90. The van der Waals surface area contributed by atoms with Crippen LogP contribution >= 0.6 is 8.53 Å². The van der Waals surface area contributed by atoms with Gasteiger partial charge in [-0.1, -0.05) is 54.6 Å². The molecule has 3 aromatic rings. The highest BCUT2D eigenvalue weighted by Crippen LogP contribution is 2.42. The molecule has 9 nitrogen and oxygen atoms in total. The molecule has 0 fully saturated rings. The Morgan fingerprint density at radius 2 is 1.30 bits per heavy atom. The molecule has 0 aromatic heterocycles. The molecule has 43 heavy (non-hydrogen) atoms. The van der Waals surface area contributed by atoms with Crippen molar-refractivity contribution in [2.75, 3.05) is 33.2 Å². The largest absolute Gasteiger partial charge is 0.497 e. The van der Waals surface area contributed by atoms with E-state index in [4.69, 9.17) is 18.7 Å². The van der Waals surface area contributed by atoms with E-state index in [0.29, 0.717) is 11.5 Å². The number of benzene rings is 3. The monoisotopic (exact) mass is 628 g/mol. The van der Waals surface area contributed by atoms with Crippen LogP contribution in [0.25, 0.3) is 0 Å². The van der Waals surface area contributed by atoms with Crippen LogP contribution < -0.4 is 9.47 Å². The summed E-state index contributed by atoms with van der Waals surface area (Å²) in [6.45, 7) is 6.98. The molecule has 0 heterocycles. The van der Waals surface area contributed by atoms with Gasteiger partial charge >= 0.3 is 0 Å². The van der Waals surface area contributed by atoms with Gasteiger partial charge in [-0.2, -0.15) is 5.26 Å². The predicted octanol–water partition coefficient (Wildman–Crippen LogP) is 5.67. The number of nitriles is 1. The number of rotatable bonds is 16. The molecule has 0 aliphatic rings. The minimum atomic E-state index is -4.00. The van der Waals surface area contributed by atoms with Gasteiger partial charge < -0.3 is 23.6 Å². The van der Waals surface area contributed by atoms with Gasteiger partial charge in [0.1, 0.15) is 17.1 Å². The lowest BCUT2D eigenvalue weighted by atomic mass is 9.80. The first-order chi connectivity index (χ1) is 20.5. The molecule has 3 rings (SSSR count). The fraction of sp³-hybridized carbons (Fsp3) is 0.406. The molecule has 11 heteroatoms. The molecule has 0 radical (unpaired) electrons. The van der Waals surface area contributed by atoms with Crippen LogP contribution in [0.15, 0.2) is 78.9 Å². The van der Waals surface area contributed by atoms with E-state index in [1.807, 2.05) is 113 Å². The smallest absolute Gasteiger partial charge is 0.256 e. The summed E-state index contributed by atoms with van der Waals surface area (Å²) in [5, 5.41) is 8.29. The average molecular weight is 629 g/mol. The van der Waals surface area contributed by atoms with Gasteiger partial charge in [-0.05, 0) is 68.7 Å². The molecule has 0 saturated carbocycles. The summed E-state index contributed by atoms with van der Waals surface area (Å²) >= 11 is 0. The predicted molar refractivity (Wildman–Crippen MR) is 169 cm³/mol. The number of ether oxygens (including phenoxy) is 3. The van der Waals surface area contributed by atoms with Gasteiger partial charge in [0, 0.05) is 12.1 Å². The first-order valence-electron chi connectivity index (χ1n) is 14.0. The van der Waals surface area contributed by atoms with Gasteiger partial charge in [-0.3, -0.25) is 0 Å². The fourth-order valence-corrected chi connectivity index (χ4v) is 7.28. The molecule has 0 aliphatic carbocycles. The van der Waals surface area contributed by atoms with E-state index in [2.05, 4.69) is 0 Å². The number of sulfone groups is 1. The van der Waals surface area contributed by atoms with Crippen molar-refractivity contribution in [2.24, 2.45) is 0 Å². The Hall–Kier alpha value is -3.03. The van der Waals surface area contributed by atoms with E-state index in [0.717, 1.165) is 16.7 Å². The van der Waals surface area contributed by atoms with Crippen molar-refractivity contribution in [3.05, 3.63) is 95.6 Å². The van der Waals surface area contributed by atoms with E-state index in [1.165, 1.54) is 0 Å². The van der Waals surface area contributed by atoms with E-state index in [9.17, 15) is 18.6 Å². The lowest BCUT2D eigenvalue weighted by Crippen LogP contribution is -2.37. The van der Waals surface area contributed by atoms with E-state index in [-0.39, 0.29) is 18.7 Å². The number of hydrogen-bond donors (Lipinski definition) is 1. The molecule has 1 N–H and O–H groups in total. The lowest BCUT2D eigenvalue weighted by molar-refractivity contribution is 0.0226. The van der Waals surface area contributed by atoms with Crippen LogP contribution in [0.2, 0.25) is 0 Å². The summed E-state index contributed by atoms with van der Waals surface area (Å²) in [4.78, 5) is 10.6. The highest BCUT2D eigenvalue weighted by molar-refractivity contribution is 7.92. The third-order valence-electron chi connectivity index (χ3n) is 7.03. The van der Waals surface area contributed by atoms with E-state index < -0.39 is 41.6 Å². The minimum absolute atomic E-state index is 0.0244. The highest BCUT2D eigenvalue weighted by Gasteiger charge is 2.39. The third kappa shape index (κ3) is 8.33. The third-order valence-corrected chi connectivity index (χ3v) is 10.6. The van der Waals surface area contributed by atoms with Crippen molar-refractivity contribution in [1.82, 2.24) is 4.67 Å². The molecular formula is C32H41N2O7PS. The maximum atomic E-state index is 13.4. The molecule has 0 bridgehead atoms. The molecule has 3 aromatic carbocycles. The Balaban J connectivity index is 1.93. The van der Waals surface area contributed by atoms with Crippen LogP contribution in [0.4, 0.5) is 0 Å². The zero-order chi connectivity index (χ0) is 31.6. The topological polar surface area (TPSA) is 118 Å². The fourth-order valence-electron chi connectivity index (χ4n) is 4.94.